The molecule has 122 valence electrons. The Morgan fingerprint density at radius 3 is 2.92 bits per heavy atom. The molecule has 0 spiro atoms. The lowest BCUT2D eigenvalue weighted by molar-refractivity contribution is 0.0720. The van der Waals surface area contributed by atoms with Crippen LogP contribution in [0.1, 0.15) is 40.8 Å². The van der Waals surface area contributed by atoms with Crippen LogP contribution in [0.3, 0.4) is 0 Å². The number of aryl methyl sites for hydroxylation is 1. The topological polar surface area (TPSA) is 61.8 Å². The van der Waals surface area contributed by atoms with E-state index in [0.717, 1.165) is 29.7 Å². The zero-order chi connectivity index (χ0) is 17.0. The number of hydrogen-bond acceptors (Lipinski definition) is 3. The first-order valence-electron chi connectivity index (χ1n) is 8.60. The number of nitrogens with zero attached hydrogens (tertiary/aromatic N) is 3. The second kappa shape index (κ2) is 5.30. The average Bonchev–Trinajstić information content (AvgIpc) is 3.23. The van der Waals surface area contributed by atoms with Crippen molar-refractivity contribution in [3.05, 3.63) is 77.2 Å². The van der Waals surface area contributed by atoms with Gasteiger partial charge in [0.15, 0.2) is 0 Å². The van der Waals surface area contributed by atoms with Crippen molar-refractivity contribution in [1.82, 2.24) is 9.55 Å². The number of aliphatic hydroxyl groups is 1. The predicted molar refractivity (Wildman–Crippen MR) is 93.7 cm³/mol. The van der Waals surface area contributed by atoms with Crippen molar-refractivity contribution in [2.45, 2.75) is 25.0 Å². The zero-order valence-corrected chi connectivity index (χ0v) is 13.6. The van der Waals surface area contributed by atoms with Gasteiger partial charge in [-0.1, -0.05) is 30.3 Å². The smallest absolute Gasteiger partial charge is 0.0991 e. The molecule has 25 heavy (non-hydrogen) atoms. The molecule has 2 aromatic carbocycles. The fourth-order valence-corrected chi connectivity index (χ4v) is 4.53. The highest BCUT2D eigenvalue weighted by Crippen LogP contribution is 2.49. The number of benzene rings is 2. The first-order chi connectivity index (χ1) is 12.3. The van der Waals surface area contributed by atoms with E-state index in [2.05, 4.69) is 39.9 Å². The summed E-state index contributed by atoms with van der Waals surface area (Å²) in [5.74, 6) is 0.0945. The lowest BCUT2D eigenvalue weighted by Crippen LogP contribution is -2.28. The van der Waals surface area contributed by atoms with Crippen LogP contribution in [0.25, 0.3) is 11.3 Å². The molecule has 0 radical (unpaired) electrons. The molecule has 3 atom stereocenters. The quantitative estimate of drug-likeness (QED) is 0.742. The highest BCUT2D eigenvalue weighted by Gasteiger charge is 2.40. The second-order valence-corrected chi connectivity index (χ2v) is 6.89. The van der Waals surface area contributed by atoms with Crippen LogP contribution in [0.4, 0.5) is 0 Å². The maximum atomic E-state index is 11.1. The summed E-state index contributed by atoms with van der Waals surface area (Å²) in [7, 11) is 0. The Balaban J connectivity index is 1.60. The molecule has 0 bridgehead atoms. The molecule has 2 heterocycles. The Labute approximate surface area is 146 Å². The summed E-state index contributed by atoms with van der Waals surface area (Å²) in [4.78, 5) is 4.33. The Kier molecular flexibility index (Phi) is 3.06. The van der Waals surface area contributed by atoms with Crippen molar-refractivity contribution < 1.29 is 5.11 Å². The third kappa shape index (κ3) is 2.00. The predicted octanol–water partition coefficient (Wildman–Crippen LogP) is 3.62. The van der Waals surface area contributed by atoms with Crippen molar-refractivity contribution in [2.24, 2.45) is 5.92 Å². The average molecular weight is 327 g/mol. The molecule has 1 aromatic heterocycles. The third-order valence-corrected chi connectivity index (χ3v) is 5.67. The van der Waals surface area contributed by atoms with Gasteiger partial charge in [-0.25, -0.2) is 4.98 Å². The van der Waals surface area contributed by atoms with Crippen LogP contribution in [0.15, 0.2) is 55.0 Å². The molecule has 3 aromatic rings. The van der Waals surface area contributed by atoms with Crippen LogP contribution >= 0.6 is 0 Å². The molecular formula is C21H17N3O. The van der Waals surface area contributed by atoms with E-state index in [-0.39, 0.29) is 12.0 Å². The van der Waals surface area contributed by atoms with E-state index in [1.165, 1.54) is 11.1 Å². The fourth-order valence-electron chi connectivity index (χ4n) is 4.53. The van der Waals surface area contributed by atoms with Gasteiger partial charge in [0.25, 0.3) is 0 Å². The number of aliphatic hydroxyl groups excluding tert-OH is 1. The van der Waals surface area contributed by atoms with Crippen molar-refractivity contribution in [3.63, 3.8) is 0 Å². The summed E-state index contributed by atoms with van der Waals surface area (Å²) in [5, 5.41) is 20.2. The minimum atomic E-state index is -0.539. The van der Waals surface area contributed by atoms with E-state index in [9.17, 15) is 5.11 Å². The summed E-state index contributed by atoms with van der Waals surface area (Å²) in [6.45, 7) is 0. The van der Waals surface area contributed by atoms with Gasteiger partial charge in [0.1, 0.15) is 0 Å². The van der Waals surface area contributed by atoms with Gasteiger partial charge >= 0.3 is 0 Å². The number of aromatic nitrogens is 2. The van der Waals surface area contributed by atoms with E-state index in [4.69, 9.17) is 5.26 Å². The van der Waals surface area contributed by atoms with Crippen LogP contribution in [0.2, 0.25) is 0 Å². The first kappa shape index (κ1) is 14.4. The molecule has 5 rings (SSSR count). The SMILES string of the molecule is N#Cc1ccc2c(c1)CC[C@H](C1c3ccccc3-c3cncn31)[C@H]2O. The van der Waals surface area contributed by atoms with E-state index in [1.54, 1.807) is 6.07 Å². The molecule has 0 saturated heterocycles. The maximum Gasteiger partial charge on any atom is 0.0991 e. The highest BCUT2D eigenvalue weighted by molar-refractivity contribution is 5.69. The first-order valence-corrected chi connectivity index (χ1v) is 8.60. The molecule has 2 aliphatic rings. The third-order valence-electron chi connectivity index (χ3n) is 5.67. The monoisotopic (exact) mass is 327 g/mol. The number of imidazole rings is 1. The normalized spacial score (nSPS) is 23.4. The van der Waals surface area contributed by atoms with Crippen LogP contribution in [-0.2, 0) is 6.42 Å². The van der Waals surface area contributed by atoms with Crippen LogP contribution in [0.5, 0.6) is 0 Å². The molecule has 1 N–H and O–H groups in total. The molecule has 0 fully saturated rings. The summed E-state index contributed by atoms with van der Waals surface area (Å²) in [5.41, 5.74) is 6.32. The number of rotatable bonds is 1. The lowest BCUT2D eigenvalue weighted by atomic mass is 9.75. The van der Waals surface area contributed by atoms with Crippen molar-refractivity contribution in [3.8, 4) is 17.3 Å². The summed E-state index contributed by atoms with van der Waals surface area (Å²) in [6.07, 6.45) is 5.01. The van der Waals surface area contributed by atoms with Gasteiger partial charge in [-0.2, -0.15) is 5.26 Å². The molecule has 1 unspecified atom stereocenters. The molecule has 0 amide bonds. The largest absolute Gasteiger partial charge is 0.388 e. The summed E-state index contributed by atoms with van der Waals surface area (Å²) in [6, 6.07) is 16.3. The Morgan fingerprint density at radius 1 is 1.16 bits per heavy atom. The Morgan fingerprint density at radius 2 is 2.04 bits per heavy atom. The van der Waals surface area contributed by atoms with Crippen LogP contribution in [-0.4, -0.2) is 14.7 Å². The molecular weight excluding hydrogens is 310 g/mol. The summed E-state index contributed by atoms with van der Waals surface area (Å²) >= 11 is 0. The van der Waals surface area contributed by atoms with E-state index < -0.39 is 6.10 Å². The molecule has 4 heteroatoms. The van der Waals surface area contributed by atoms with Crippen LogP contribution in [0, 0.1) is 17.2 Å². The van der Waals surface area contributed by atoms with E-state index in [1.807, 2.05) is 24.7 Å². The van der Waals surface area contributed by atoms with Gasteiger partial charge in [-0.3, -0.25) is 0 Å². The second-order valence-electron chi connectivity index (χ2n) is 6.89. The van der Waals surface area contributed by atoms with Crippen molar-refractivity contribution in [2.75, 3.05) is 0 Å². The van der Waals surface area contributed by atoms with Gasteiger partial charge in [-0.15, -0.1) is 0 Å². The number of fused-ring (bicyclic) bond motifs is 4. The van der Waals surface area contributed by atoms with Gasteiger partial charge in [0, 0.05) is 11.5 Å². The van der Waals surface area contributed by atoms with Crippen molar-refractivity contribution in [1.29, 1.82) is 5.26 Å². The van der Waals surface area contributed by atoms with Crippen LogP contribution < -0.4 is 0 Å². The Bertz CT molecular complexity index is 1010. The van der Waals surface area contributed by atoms with E-state index >= 15 is 0 Å². The molecule has 4 nitrogen and oxygen atoms in total. The van der Waals surface area contributed by atoms with Gasteiger partial charge < -0.3 is 9.67 Å². The van der Waals surface area contributed by atoms with Gasteiger partial charge in [0.2, 0.25) is 0 Å². The Hall–Kier alpha value is -2.90. The van der Waals surface area contributed by atoms with Gasteiger partial charge in [0.05, 0.1) is 42.0 Å². The zero-order valence-electron chi connectivity index (χ0n) is 13.6. The van der Waals surface area contributed by atoms with E-state index in [0.29, 0.717) is 5.56 Å². The number of hydrogen-bond donors (Lipinski definition) is 1. The molecule has 1 aliphatic carbocycles. The maximum absolute atomic E-state index is 11.1. The minimum absolute atomic E-state index is 0.0945. The lowest BCUT2D eigenvalue weighted by Gasteiger charge is -2.35. The summed E-state index contributed by atoms with van der Waals surface area (Å²) < 4.78 is 2.20. The fraction of sp³-hybridized carbons (Fsp3) is 0.238. The standard InChI is InChI=1S/C21H17N3O/c22-10-13-5-7-15-14(9-13)6-8-18(21(15)25)20-17-4-2-1-3-16(17)19-11-23-12-24(19)20/h1-5,7,9,11-12,18,20-21,25H,6,8H2/t18-,20?,21+/m1/s1. The highest BCUT2D eigenvalue weighted by atomic mass is 16.3. The van der Waals surface area contributed by atoms with Crippen molar-refractivity contribution >= 4 is 0 Å². The molecule has 0 saturated carbocycles. The number of nitriles is 1. The van der Waals surface area contributed by atoms with Gasteiger partial charge in [-0.05, 0) is 41.7 Å². The molecule has 1 aliphatic heterocycles. The minimum Gasteiger partial charge on any atom is -0.388 e.